The minimum atomic E-state index is 0.678. The van der Waals surface area contributed by atoms with Crippen molar-refractivity contribution < 1.29 is 4.74 Å². The molecule has 1 saturated heterocycles. The van der Waals surface area contributed by atoms with Gasteiger partial charge in [0.2, 0.25) is 4.58 Å². The summed E-state index contributed by atoms with van der Waals surface area (Å²) >= 11 is 0. The van der Waals surface area contributed by atoms with Gasteiger partial charge in [-0.25, -0.2) is 0 Å². The molecular formula is C7H15OS2+. The zero-order valence-electron chi connectivity index (χ0n) is 6.63. The normalized spacial score (nSPS) is 30.6. The summed E-state index contributed by atoms with van der Waals surface area (Å²) in [6.45, 7) is 6.35. The van der Waals surface area contributed by atoms with Gasteiger partial charge >= 0.3 is 0 Å². The van der Waals surface area contributed by atoms with Gasteiger partial charge in [0, 0.05) is 6.61 Å². The molecule has 1 nitrogen and oxygen atoms in total. The van der Waals surface area contributed by atoms with E-state index >= 15 is 0 Å². The molecule has 10 heavy (non-hydrogen) atoms. The first-order valence-corrected chi connectivity index (χ1v) is 6.68. The second-order valence-electron chi connectivity index (χ2n) is 2.27. The molecule has 0 N–H and O–H groups in total. The van der Waals surface area contributed by atoms with Crippen LogP contribution in [0.4, 0.5) is 0 Å². The number of hydrogen-bond donors (Lipinski definition) is 0. The van der Waals surface area contributed by atoms with Gasteiger partial charge in [0.15, 0.2) is 10.8 Å². The van der Waals surface area contributed by atoms with Crippen molar-refractivity contribution in [2.75, 3.05) is 19.0 Å². The molecule has 0 saturated carbocycles. The fraction of sp³-hybridized carbons (Fsp3) is 1.00. The molecule has 0 aromatic carbocycles. The Balaban J connectivity index is 1.87. The smallest absolute Gasteiger partial charge is 0.245 e. The maximum atomic E-state index is 5.42. The Labute approximate surface area is 69.7 Å². The van der Waals surface area contributed by atoms with Gasteiger partial charge in [-0.2, -0.15) is 0 Å². The Morgan fingerprint density at radius 2 is 2.30 bits per heavy atom. The van der Waals surface area contributed by atoms with E-state index in [4.69, 9.17) is 4.74 Å². The molecule has 60 valence electrons. The van der Waals surface area contributed by atoms with Gasteiger partial charge in [0.1, 0.15) is 12.4 Å². The summed E-state index contributed by atoms with van der Waals surface area (Å²) in [5.74, 6) is 1.34. The van der Waals surface area contributed by atoms with Crippen molar-refractivity contribution in [3.63, 3.8) is 0 Å². The van der Waals surface area contributed by atoms with Crippen LogP contribution in [0.25, 0.3) is 0 Å². The molecule has 2 atom stereocenters. The van der Waals surface area contributed by atoms with E-state index in [1.54, 1.807) is 0 Å². The third-order valence-electron chi connectivity index (χ3n) is 1.37. The van der Waals surface area contributed by atoms with Crippen LogP contribution in [-0.4, -0.2) is 23.5 Å². The highest BCUT2D eigenvalue weighted by molar-refractivity contribution is 8.90. The minimum Gasteiger partial charge on any atom is -0.375 e. The Bertz CT molecular complexity index is 97.6. The first-order chi connectivity index (χ1) is 4.88. The summed E-state index contributed by atoms with van der Waals surface area (Å²) in [5, 5.41) is 0. The van der Waals surface area contributed by atoms with Crippen molar-refractivity contribution in [3.8, 4) is 0 Å². The van der Waals surface area contributed by atoms with Crippen LogP contribution in [0.3, 0.4) is 0 Å². The van der Waals surface area contributed by atoms with Crippen molar-refractivity contribution in [3.05, 3.63) is 0 Å². The Hall–Kier alpha value is 0.660. The van der Waals surface area contributed by atoms with Gasteiger partial charge in [0.05, 0.1) is 9.93 Å². The van der Waals surface area contributed by atoms with Crippen molar-refractivity contribution in [1.29, 1.82) is 0 Å². The fourth-order valence-electron chi connectivity index (χ4n) is 0.797. The van der Waals surface area contributed by atoms with E-state index in [9.17, 15) is 0 Å². The third kappa shape index (κ3) is 2.72. The van der Waals surface area contributed by atoms with Crippen LogP contribution < -0.4 is 0 Å². The average molecular weight is 179 g/mol. The topological polar surface area (TPSA) is 9.23 Å². The zero-order valence-corrected chi connectivity index (χ0v) is 8.26. The molecule has 2 unspecified atom stereocenters. The van der Waals surface area contributed by atoms with Gasteiger partial charge in [-0.05, 0) is 13.3 Å². The van der Waals surface area contributed by atoms with E-state index in [1.807, 2.05) is 0 Å². The van der Waals surface area contributed by atoms with Crippen LogP contribution in [0.5, 0.6) is 0 Å². The van der Waals surface area contributed by atoms with Crippen LogP contribution in [0.2, 0.25) is 0 Å². The van der Waals surface area contributed by atoms with Crippen LogP contribution in [-0.2, 0) is 14.7 Å². The average Bonchev–Trinajstić information content (AvgIpc) is 2.68. The van der Waals surface area contributed by atoms with Gasteiger partial charge in [-0.3, -0.25) is 0 Å². The van der Waals surface area contributed by atoms with E-state index in [0.29, 0.717) is 9.93 Å². The lowest BCUT2D eigenvalue weighted by Gasteiger charge is -1.93. The molecular weight excluding hydrogens is 164 g/mol. The summed E-state index contributed by atoms with van der Waals surface area (Å²) in [7, 11) is 2.77. The van der Waals surface area contributed by atoms with Crippen LogP contribution in [0, 0.1) is 0 Å². The largest absolute Gasteiger partial charge is 0.375 e. The van der Waals surface area contributed by atoms with Gasteiger partial charge in [-0.15, -0.1) is 0 Å². The van der Waals surface area contributed by atoms with E-state index in [1.165, 1.54) is 5.75 Å². The second kappa shape index (κ2) is 4.52. The molecule has 3 heteroatoms. The summed E-state index contributed by atoms with van der Waals surface area (Å²) < 4.78 is 6.28. The predicted molar refractivity (Wildman–Crippen MR) is 50.4 cm³/mol. The van der Waals surface area contributed by atoms with E-state index in [-0.39, 0.29) is 0 Å². The minimum absolute atomic E-state index is 0.678. The van der Waals surface area contributed by atoms with E-state index in [0.717, 1.165) is 24.2 Å². The fourth-order valence-corrected chi connectivity index (χ4v) is 4.28. The third-order valence-corrected chi connectivity index (χ3v) is 6.10. The molecule has 0 amide bonds. The van der Waals surface area contributed by atoms with Crippen molar-refractivity contribution in [2.24, 2.45) is 0 Å². The molecule has 1 aliphatic rings. The van der Waals surface area contributed by atoms with Gasteiger partial charge in [0.25, 0.3) is 0 Å². The summed E-state index contributed by atoms with van der Waals surface area (Å²) in [4.78, 5) is 0. The molecule has 0 aromatic rings. The number of hydrogen-bond acceptors (Lipinski definition) is 2. The molecule has 0 radical (unpaired) electrons. The van der Waals surface area contributed by atoms with Crippen molar-refractivity contribution in [1.82, 2.24) is 0 Å². The Morgan fingerprint density at radius 1 is 1.50 bits per heavy atom. The van der Waals surface area contributed by atoms with E-state index < -0.39 is 0 Å². The van der Waals surface area contributed by atoms with Gasteiger partial charge < -0.3 is 4.74 Å². The number of ether oxygens (including phenoxy) is 1. The van der Waals surface area contributed by atoms with E-state index in [2.05, 4.69) is 24.6 Å². The number of rotatable bonds is 5. The summed E-state index contributed by atoms with van der Waals surface area (Å²) in [6, 6.07) is 0. The quantitative estimate of drug-likeness (QED) is 0.276. The highest BCUT2D eigenvalue weighted by Crippen LogP contribution is 2.46. The Morgan fingerprint density at radius 3 is 2.80 bits per heavy atom. The molecule has 0 aliphatic carbocycles. The van der Waals surface area contributed by atoms with Crippen molar-refractivity contribution in [2.45, 2.75) is 24.9 Å². The molecule has 1 rings (SSSR count). The monoisotopic (exact) mass is 179 g/mol. The molecule has 1 aliphatic heterocycles. The maximum Gasteiger partial charge on any atom is 0.245 e. The lowest BCUT2D eigenvalue weighted by atomic mass is 10.5. The van der Waals surface area contributed by atoms with Crippen LogP contribution in [0.15, 0.2) is 0 Å². The highest BCUT2D eigenvalue weighted by Gasteiger charge is 2.52. The maximum absolute atomic E-state index is 5.42. The summed E-state index contributed by atoms with van der Waals surface area (Å²) in [6.07, 6.45) is 1.15. The first kappa shape index (κ1) is 8.75. The van der Waals surface area contributed by atoms with Crippen LogP contribution in [0.1, 0.15) is 20.3 Å². The molecule has 1 heterocycles. The Kier molecular flexibility index (Phi) is 3.96. The van der Waals surface area contributed by atoms with Gasteiger partial charge in [-0.1, -0.05) is 6.92 Å². The molecule has 0 bridgehead atoms. The van der Waals surface area contributed by atoms with Crippen LogP contribution >= 0.6 is 10.8 Å². The summed E-state index contributed by atoms with van der Waals surface area (Å²) in [5.41, 5.74) is 0. The molecule has 0 aromatic heterocycles. The lowest BCUT2D eigenvalue weighted by molar-refractivity contribution is 0.148. The SMILES string of the molecule is CCCOCC1S[S+]1CC. The highest BCUT2D eigenvalue weighted by atomic mass is 33.2. The zero-order chi connectivity index (χ0) is 7.40. The second-order valence-corrected chi connectivity index (χ2v) is 7.10. The predicted octanol–water partition coefficient (Wildman–Crippen LogP) is 2.04. The standard InChI is InChI=1S/C7H15OS2/c1-3-5-8-6-7-9-10(7)4-2/h7H,3-6H2,1-2H3/q+1. The molecule has 1 fully saturated rings. The first-order valence-electron chi connectivity index (χ1n) is 3.83. The van der Waals surface area contributed by atoms with Crippen molar-refractivity contribution >= 4 is 20.7 Å². The molecule has 0 spiro atoms. The lowest BCUT2D eigenvalue weighted by Crippen LogP contribution is -2.03.